The van der Waals surface area contributed by atoms with Crippen molar-refractivity contribution < 1.29 is 27.9 Å². The van der Waals surface area contributed by atoms with E-state index in [1.807, 2.05) is 0 Å². The second-order valence-corrected chi connectivity index (χ2v) is 9.54. The van der Waals surface area contributed by atoms with Crippen molar-refractivity contribution in [2.45, 2.75) is 52.3 Å². The van der Waals surface area contributed by atoms with Crippen LogP contribution in [-0.2, 0) is 17.5 Å². The largest absolute Gasteiger partial charge is 0.481 e. The Labute approximate surface area is 212 Å². The van der Waals surface area contributed by atoms with Gasteiger partial charge in [-0.05, 0) is 48.1 Å². The average Bonchev–Trinajstić information content (AvgIpc) is 3.34. The number of hydrogen-bond donors (Lipinski definition) is 3. The summed E-state index contributed by atoms with van der Waals surface area (Å²) in [6, 6.07) is 10.0. The molecule has 1 aliphatic carbocycles. The summed E-state index contributed by atoms with van der Waals surface area (Å²) in [5.74, 6) is -1.04. The van der Waals surface area contributed by atoms with E-state index >= 15 is 0 Å². The van der Waals surface area contributed by atoms with Crippen molar-refractivity contribution in [3.05, 3.63) is 71.9 Å². The van der Waals surface area contributed by atoms with Gasteiger partial charge in [-0.1, -0.05) is 32.4 Å². The van der Waals surface area contributed by atoms with Crippen LogP contribution in [0.25, 0.3) is 5.82 Å². The molecular formula is C26H30F3N5O3. The molecule has 1 aliphatic rings. The molecular weight excluding hydrogens is 487 g/mol. The summed E-state index contributed by atoms with van der Waals surface area (Å²) < 4.78 is 39.1. The number of nitrogens with zero attached hydrogens (tertiary/aromatic N) is 3. The smallest absolute Gasteiger partial charge is 0.434 e. The third-order valence-electron chi connectivity index (χ3n) is 5.93. The first-order valence-electron chi connectivity index (χ1n) is 11.8. The summed E-state index contributed by atoms with van der Waals surface area (Å²) in [6.07, 6.45) is 3.12. The van der Waals surface area contributed by atoms with Gasteiger partial charge < -0.3 is 15.7 Å². The number of nitrogens with one attached hydrogen (secondary N) is 2. The Hall–Kier alpha value is -3.89. The quantitative estimate of drug-likeness (QED) is 0.374. The first-order chi connectivity index (χ1) is 17.4. The average molecular weight is 518 g/mol. The number of alkyl halides is 3. The standard InChI is InChI=1S/C20H18F3N5O3.C6H12/c21-20(22,23)16-11-28(12-27-16)17-6-5-15(10-26-17)25-9-13-1-3-14(4-2-13)19(31)24-8-7-18(29)30;1-6(2)4-3-5-6/h1-6,10-12,25H,7-9H2,(H,24,31)(H,29,30);3-5H2,1-2H3. The molecule has 0 aliphatic heterocycles. The van der Waals surface area contributed by atoms with Crippen molar-refractivity contribution in [3.63, 3.8) is 0 Å². The van der Waals surface area contributed by atoms with E-state index in [0.717, 1.165) is 23.5 Å². The lowest BCUT2D eigenvalue weighted by atomic mass is 9.72. The number of carbonyl (C=O) groups is 2. The van der Waals surface area contributed by atoms with Crippen LogP contribution in [0.15, 0.2) is 55.1 Å². The Morgan fingerprint density at radius 3 is 2.24 bits per heavy atom. The fourth-order valence-electron chi connectivity index (χ4n) is 3.48. The molecule has 0 saturated heterocycles. The number of rotatable bonds is 8. The van der Waals surface area contributed by atoms with Gasteiger partial charge in [0.1, 0.15) is 12.1 Å². The summed E-state index contributed by atoms with van der Waals surface area (Å²) in [5, 5.41) is 14.2. The molecule has 1 amide bonds. The van der Waals surface area contributed by atoms with Gasteiger partial charge >= 0.3 is 12.1 Å². The molecule has 11 heteroatoms. The Bertz CT molecular complexity index is 1180. The lowest BCUT2D eigenvalue weighted by molar-refractivity contribution is -0.141. The normalized spacial score (nSPS) is 14.1. The zero-order valence-corrected chi connectivity index (χ0v) is 20.7. The fraction of sp³-hybridized carbons (Fsp3) is 0.385. The van der Waals surface area contributed by atoms with Gasteiger partial charge in [-0.3, -0.25) is 14.2 Å². The molecule has 8 nitrogen and oxygen atoms in total. The van der Waals surface area contributed by atoms with Crippen molar-refractivity contribution in [1.82, 2.24) is 19.9 Å². The summed E-state index contributed by atoms with van der Waals surface area (Å²) in [4.78, 5) is 29.9. The minimum Gasteiger partial charge on any atom is -0.481 e. The Kier molecular flexibility index (Phi) is 8.90. The van der Waals surface area contributed by atoms with Crippen molar-refractivity contribution in [2.24, 2.45) is 5.41 Å². The van der Waals surface area contributed by atoms with Gasteiger partial charge in [-0.2, -0.15) is 13.2 Å². The molecule has 3 aromatic rings. The number of benzene rings is 1. The number of carbonyl (C=O) groups excluding carboxylic acids is 1. The predicted octanol–water partition coefficient (Wildman–Crippen LogP) is 5.30. The minimum atomic E-state index is -4.51. The van der Waals surface area contributed by atoms with Crippen LogP contribution in [0, 0.1) is 5.41 Å². The number of pyridine rings is 1. The maximum absolute atomic E-state index is 12.6. The van der Waals surface area contributed by atoms with Gasteiger partial charge in [0.2, 0.25) is 0 Å². The molecule has 0 atom stereocenters. The molecule has 1 saturated carbocycles. The van der Waals surface area contributed by atoms with Crippen LogP contribution in [0.5, 0.6) is 0 Å². The highest BCUT2D eigenvalue weighted by molar-refractivity contribution is 5.94. The number of aromatic nitrogens is 3. The number of anilines is 1. The summed E-state index contributed by atoms with van der Waals surface area (Å²) in [5.41, 5.74) is 1.69. The SMILES string of the molecule is CC1(C)CCC1.O=C(O)CCNC(=O)c1ccc(CNc2ccc(-n3cnc(C(F)(F)F)c3)nc2)cc1. The van der Waals surface area contributed by atoms with Crippen LogP contribution < -0.4 is 10.6 Å². The molecule has 0 radical (unpaired) electrons. The Morgan fingerprint density at radius 1 is 1.08 bits per heavy atom. The number of amides is 1. The molecule has 2 heterocycles. The van der Waals surface area contributed by atoms with Crippen molar-refractivity contribution in [2.75, 3.05) is 11.9 Å². The maximum Gasteiger partial charge on any atom is 0.434 e. The zero-order valence-electron chi connectivity index (χ0n) is 20.7. The lowest BCUT2D eigenvalue weighted by Gasteiger charge is -2.33. The third kappa shape index (κ3) is 8.62. The summed E-state index contributed by atoms with van der Waals surface area (Å²) in [7, 11) is 0. The number of halogens is 3. The van der Waals surface area contributed by atoms with Gasteiger partial charge in [-0.15, -0.1) is 0 Å². The first-order valence-corrected chi connectivity index (χ1v) is 11.8. The number of hydrogen-bond acceptors (Lipinski definition) is 5. The van der Waals surface area contributed by atoms with E-state index in [1.54, 1.807) is 36.4 Å². The molecule has 4 rings (SSSR count). The van der Waals surface area contributed by atoms with E-state index in [0.29, 0.717) is 23.6 Å². The summed E-state index contributed by atoms with van der Waals surface area (Å²) in [6.45, 7) is 5.15. The van der Waals surface area contributed by atoms with Gasteiger partial charge in [0.25, 0.3) is 5.91 Å². The van der Waals surface area contributed by atoms with E-state index < -0.39 is 17.8 Å². The monoisotopic (exact) mass is 517 g/mol. The number of carboxylic acids is 1. The van der Waals surface area contributed by atoms with Crippen LogP contribution in [0.3, 0.4) is 0 Å². The van der Waals surface area contributed by atoms with Crippen LogP contribution in [0.4, 0.5) is 18.9 Å². The molecule has 1 fully saturated rings. The molecule has 0 bridgehead atoms. The number of aliphatic carboxylic acids is 1. The first kappa shape index (κ1) is 27.7. The summed E-state index contributed by atoms with van der Waals surface area (Å²) >= 11 is 0. The maximum atomic E-state index is 12.6. The third-order valence-corrected chi connectivity index (χ3v) is 5.93. The van der Waals surface area contributed by atoms with Crippen LogP contribution >= 0.6 is 0 Å². The minimum absolute atomic E-state index is 0.0526. The van der Waals surface area contributed by atoms with Crippen molar-refractivity contribution >= 4 is 17.6 Å². The molecule has 3 N–H and O–H groups in total. The van der Waals surface area contributed by atoms with Crippen LogP contribution in [0.1, 0.15) is 61.1 Å². The lowest BCUT2D eigenvalue weighted by Crippen LogP contribution is -2.25. The molecule has 1 aromatic carbocycles. The predicted molar refractivity (Wildman–Crippen MR) is 132 cm³/mol. The molecule has 0 spiro atoms. The molecule has 0 unspecified atom stereocenters. The molecule has 198 valence electrons. The Morgan fingerprint density at radius 2 is 1.76 bits per heavy atom. The highest BCUT2D eigenvalue weighted by Gasteiger charge is 2.33. The second-order valence-electron chi connectivity index (χ2n) is 9.54. The van der Waals surface area contributed by atoms with E-state index in [-0.39, 0.29) is 18.9 Å². The van der Waals surface area contributed by atoms with Gasteiger partial charge in [-0.25, -0.2) is 9.97 Å². The van der Waals surface area contributed by atoms with Crippen LogP contribution in [0.2, 0.25) is 0 Å². The molecule has 37 heavy (non-hydrogen) atoms. The number of imidazole rings is 1. The van der Waals surface area contributed by atoms with Gasteiger partial charge in [0, 0.05) is 24.8 Å². The highest BCUT2D eigenvalue weighted by atomic mass is 19.4. The zero-order chi connectivity index (χ0) is 27.1. The van der Waals surface area contributed by atoms with Crippen molar-refractivity contribution in [1.29, 1.82) is 0 Å². The molecule has 2 aromatic heterocycles. The van der Waals surface area contributed by atoms with Gasteiger partial charge in [0.05, 0.1) is 18.3 Å². The topological polar surface area (TPSA) is 109 Å². The Balaban J connectivity index is 0.000000555. The highest BCUT2D eigenvalue weighted by Crippen LogP contribution is 2.39. The van der Waals surface area contributed by atoms with E-state index in [4.69, 9.17) is 5.11 Å². The fourth-order valence-corrected chi connectivity index (χ4v) is 3.48. The number of carboxylic acid groups (broad SMARTS) is 1. The van der Waals surface area contributed by atoms with E-state index in [2.05, 4.69) is 34.4 Å². The van der Waals surface area contributed by atoms with E-state index in [1.165, 1.54) is 30.0 Å². The van der Waals surface area contributed by atoms with E-state index in [9.17, 15) is 22.8 Å². The second kappa shape index (κ2) is 11.9. The van der Waals surface area contributed by atoms with Crippen molar-refractivity contribution in [3.8, 4) is 5.82 Å². The van der Waals surface area contributed by atoms with Gasteiger partial charge in [0.15, 0.2) is 5.69 Å². The van der Waals surface area contributed by atoms with Crippen LogP contribution in [-0.4, -0.2) is 38.1 Å².